The highest BCUT2D eigenvalue weighted by molar-refractivity contribution is 7.89. The molecule has 0 aliphatic carbocycles. The van der Waals surface area contributed by atoms with Crippen molar-refractivity contribution in [1.29, 1.82) is 0 Å². The first kappa shape index (κ1) is 15.2. The summed E-state index contributed by atoms with van der Waals surface area (Å²) in [7, 11) is -3.54. The van der Waals surface area contributed by atoms with Gasteiger partial charge >= 0.3 is 0 Å². The standard InChI is InChI=1S/C13H19N3O2S2/c1-8-4-13(10(3)19-8)9(2)16-20(17,18)12-5-11(6-14)15-7-12/h4-5,7,9,15-16H,6,14H2,1-3H3. The van der Waals surface area contributed by atoms with Crippen LogP contribution >= 0.6 is 11.3 Å². The minimum Gasteiger partial charge on any atom is -0.363 e. The van der Waals surface area contributed by atoms with Crippen LogP contribution in [0.3, 0.4) is 0 Å². The van der Waals surface area contributed by atoms with Crippen molar-refractivity contribution < 1.29 is 8.42 Å². The van der Waals surface area contributed by atoms with Gasteiger partial charge in [-0.05, 0) is 38.5 Å². The molecule has 2 rings (SSSR count). The second-order valence-corrected chi connectivity index (χ2v) is 7.95. The second kappa shape index (κ2) is 5.69. The lowest BCUT2D eigenvalue weighted by molar-refractivity contribution is 0.567. The highest BCUT2D eigenvalue weighted by atomic mass is 32.2. The molecular formula is C13H19N3O2S2. The average molecular weight is 313 g/mol. The molecule has 0 amide bonds. The van der Waals surface area contributed by atoms with E-state index >= 15 is 0 Å². The lowest BCUT2D eigenvalue weighted by atomic mass is 10.1. The largest absolute Gasteiger partial charge is 0.363 e. The zero-order valence-electron chi connectivity index (χ0n) is 11.7. The maximum absolute atomic E-state index is 12.3. The Hall–Kier alpha value is -1.15. The molecular weight excluding hydrogens is 294 g/mol. The van der Waals surface area contributed by atoms with Gasteiger partial charge in [-0.15, -0.1) is 11.3 Å². The number of nitrogens with two attached hydrogens (primary N) is 1. The van der Waals surface area contributed by atoms with Gasteiger partial charge in [0.15, 0.2) is 0 Å². The Bertz CT molecular complexity index is 701. The van der Waals surface area contributed by atoms with Crippen molar-refractivity contribution in [2.75, 3.05) is 0 Å². The first-order chi connectivity index (χ1) is 9.33. The summed E-state index contributed by atoms with van der Waals surface area (Å²) in [5.41, 5.74) is 7.19. The number of nitrogens with one attached hydrogen (secondary N) is 2. The lowest BCUT2D eigenvalue weighted by Gasteiger charge is -2.13. The number of thiophene rings is 1. The van der Waals surface area contributed by atoms with Gasteiger partial charge in [-0.2, -0.15) is 0 Å². The molecule has 110 valence electrons. The third kappa shape index (κ3) is 3.12. The van der Waals surface area contributed by atoms with E-state index in [0.717, 1.165) is 10.4 Å². The zero-order valence-corrected chi connectivity index (χ0v) is 13.4. The molecule has 2 heterocycles. The van der Waals surface area contributed by atoms with Crippen molar-refractivity contribution >= 4 is 21.4 Å². The number of hydrogen-bond donors (Lipinski definition) is 3. The van der Waals surface area contributed by atoms with Crippen LogP contribution in [0.5, 0.6) is 0 Å². The predicted molar refractivity (Wildman–Crippen MR) is 81.2 cm³/mol. The van der Waals surface area contributed by atoms with Crippen molar-refractivity contribution in [1.82, 2.24) is 9.71 Å². The molecule has 1 atom stereocenters. The normalized spacial score (nSPS) is 13.6. The van der Waals surface area contributed by atoms with Crippen molar-refractivity contribution in [3.63, 3.8) is 0 Å². The van der Waals surface area contributed by atoms with Crippen LogP contribution in [0, 0.1) is 13.8 Å². The lowest BCUT2D eigenvalue weighted by Crippen LogP contribution is -2.26. The first-order valence-electron chi connectivity index (χ1n) is 6.30. The maximum atomic E-state index is 12.3. The molecule has 5 nitrogen and oxygen atoms in total. The van der Waals surface area contributed by atoms with Gasteiger partial charge in [0, 0.05) is 34.2 Å². The summed E-state index contributed by atoms with van der Waals surface area (Å²) in [6.45, 7) is 6.15. The van der Waals surface area contributed by atoms with Crippen molar-refractivity contribution in [2.45, 2.75) is 38.3 Å². The molecule has 20 heavy (non-hydrogen) atoms. The summed E-state index contributed by atoms with van der Waals surface area (Å²) in [5, 5.41) is 0. The zero-order chi connectivity index (χ0) is 14.9. The van der Waals surface area contributed by atoms with Gasteiger partial charge in [-0.1, -0.05) is 0 Å². The molecule has 0 radical (unpaired) electrons. The van der Waals surface area contributed by atoms with Gasteiger partial charge in [0.05, 0.1) is 4.90 Å². The van der Waals surface area contributed by atoms with E-state index in [1.165, 1.54) is 11.1 Å². The van der Waals surface area contributed by atoms with E-state index in [1.807, 2.05) is 26.8 Å². The molecule has 0 aromatic carbocycles. The quantitative estimate of drug-likeness (QED) is 0.790. The molecule has 7 heteroatoms. The molecule has 0 aliphatic heterocycles. The minimum atomic E-state index is -3.54. The number of aromatic amines is 1. The molecule has 0 saturated heterocycles. The molecule has 0 aliphatic rings. The van der Waals surface area contributed by atoms with Gasteiger partial charge in [-0.3, -0.25) is 0 Å². The summed E-state index contributed by atoms with van der Waals surface area (Å²) in [5.74, 6) is 0. The van der Waals surface area contributed by atoms with Crippen molar-refractivity contribution in [2.24, 2.45) is 5.73 Å². The fourth-order valence-electron chi connectivity index (χ4n) is 2.14. The summed E-state index contributed by atoms with van der Waals surface area (Å²) in [6.07, 6.45) is 1.46. The number of sulfonamides is 1. The highest BCUT2D eigenvalue weighted by Crippen LogP contribution is 2.27. The molecule has 2 aromatic heterocycles. The number of aromatic nitrogens is 1. The Labute approximate surface area is 123 Å². The third-order valence-electron chi connectivity index (χ3n) is 3.12. The molecule has 0 bridgehead atoms. The van der Waals surface area contributed by atoms with Crippen LogP contribution in [0.1, 0.15) is 34.0 Å². The van der Waals surface area contributed by atoms with E-state index in [9.17, 15) is 8.42 Å². The molecule has 1 unspecified atom stereocenters. The van der Waals surface area contributed by atoms with E-state index in [0.29, 0.717) is 5.69 Å². The summed E-state index contributed by atoms with van der Waals surface area (Å²) in [6, 6.07) is 3.32. The monoisotopic (exact) mass is 313 g/mol. The molecule has 4 N–H and O–H groups in total. The van der Waals surface area contributed by atoms with Gasteiger partial charge in [-0.25, -0.2) is 13.1 Å². The topological polar surface area (TPSA) is 88.0 Å². The van der Waals surface area contributed by atoms with E-state index in [-0.39, 0.29) is 17.5 Å². The molecule has 0 saturated carbocycles. The molecule has 2 aromatic rings. The van der Waals surface area contributed by atoms with Crippen LogP contribution in [0.2, 0.25) is 0 Å². The second-order valence-electron chi connectivity index (χ2n) is 4.78. The summed E-state index contributed by atoms with van der Waals surface area (Å²) in [4.78, 5) is 5.38. The molecule has 0 fully saturated rings. The van der Waals surface area contributed by atoms with Crippen LogP contribution in [0.4, 0.5) is 0 Å². The Kier molecular flexibility index (Phi) is 4.33. The Morgan fingerprint density at radius 3 is 2.60 bits per heavy atom. The summed E-state index contributed by atoms with van der Waals surface area (Å²) >= 11 is 1.67. The average Bonchev–Trinajstić information content (AvgIpc) is 2.95. The van der Waals surface area contributed by atoms with Crippen LogP contribution in [-0.2, 0) is 16.6 Å². The van der Waals surface area contributed by atoms with E-state index in [1.54, 1.807) is 17.4 Å². The SMILES string of the molecule is Cc1cc(C(C)NS(=O)(=O)c2c[nH]c(CN)c2)c(C)s1. The Morgan fingerprint density at radius 2 is 2.10 bits per heavy atom. The van der Waals surface area contributed by atoms with Crippen LogP contribution < -0.4 is 10.5 Å². The minimum absolute atomic E-state index is 0.217. The predicted octanol–water partition coefficient (Wildman–Crippen LogP) is 2.19. The van der Waals surface area contributed by atoms with E-state index < -0.39 is 10.0 Å². The highest BCUT2D eigenvalue weighted by Gasteiger charge is 2.21. The number of hydrogen-bond acceptors (Lipinski definition) is 4. The van der Waals surface area contributed by atoms with Crippen molar-refractivity contribution in [3.05, 3.63) is 39.3 Å². The van der Waals surface area contributed by atoms with Gasteiger partial charge < -0.3 is 10.7 Å². The number of aryl methyl sites for hydroxylation is 2. The van der Waals surface area contributed by atoms with Gasteiger partial charge in [0.2, 0.25) is 10.0 Å². The fourth-order valence-corrected chi connectivity index (χ4v) is 4.40. The van der Waals surface area contributed by atoms with Crippen LogP contribution in [0.15, 0.2) is 23.2 Å². The number of rotatable bonds is 5. The maximum Gasteiger partial charge on any atom is 0.242 e. The van der Waals surface area contributed by atoms with E-state index in [4.69, 9.17) is 5.73 Å². The molecule has 0 spiro atoms. The number of H-pyrrole nitrogens is 1. The Balaban J connectivity index is 2.21. The van der Waals surface area contributed by atoms with Gasteiger partial charge in [0.1, 0.15) is 0 Å². The van der Waals surface area contributed by atoms with E-state index in [2.05, 4.69) is 9.71 Å². The van der Waals surface area contributed by atoms with Crippen LogP contribution in [-0.4, -0.2) is 13.4 Å². The smallest absolute Gasteiger partial charge is 0.242 e. The van der Waals surface area contributed by atoms with Crippen LogP contribution in [0.25, 0.3) is 0 Å². The third-order valence-corrected chi connectivity index (χ3v) is 5.63. The fraction of sp³-hybridized carbons (Fsp3) is 0.385. The van der Waals surface area contributed by atoms with Crippen molar-refractivity contribution in [3.8, 4) is 0 Å². The summed E-state index contributed by atoms with van der Waals surface area (Å²) < 4.78 is 27.3. The Morgan fingerprint density at radius 1 is 1.40 bits per heavy atom. The van der Waals surface area contributed by atoms with Gasteiger partial charge in [0.25, 0.3) is 0 Å². The first-order valence-corrected chi connectivity index (χ1v) is 8.60.